The number of hydrogen-bond donors (Lipinski definition) is 1. The molecule has 2 unspecified atom stereocenters. The van der Waals surface area contributed by atoms with E-state index in [-0.39, 0.29) is 24.4 Å². The Hall–Kier alpha value is -2.78. The number of ether oxygens (including phenoxy) is 1. The molecule has 1 N–H and O–H groups in total. The van der Waals surface area contributed by atoms with Crippen LogP contribution < -0.4 is 9.80 Å². The van der Waals surface area contributed by atoms with Gasteiger partial charge in [0.05, 0.1) is 23.2 Å². The highest BCUT2D eigenvalue weighted by Crippen LogP contribution is 2.71. The van der Waals surface area contributed by atoms with Crippen LogP contribution in [0, 0.1) is 11.8 Å². The number of benzene rings is 1. The number of carbonyl (C=O) groups is 3. The zero-order valence-corrected chi connectivity index (χ0v) is 26.9. The minimum Gasteiger partial charge on any atom is -0.465 e. The molecule has 0 aliphatic carbocycles. The maximum absolute atomic E-state index is 14.7. The highest BCUT2D eigenvalue weighted by atomic mass is 32.2. The predicted molar refractivity (Wildman–Crippen MR) is 174 cm³/mol. The van der Waals surface area contributed by atoms with Crippen molar-refractivity contribution in [3.05, 3.63) is 49.6 Å². The third kappa shape index (κ3) is 6.25. The van der Waals surface area contributed by atoms with Crippen LogP contribution in [0.5, 0.6) is 0 Å². The lowest BCUT2D eigenvalue weighted by atomic mass is 9.66. The first-order chi connectivity index (χ1) is 20.7. The number of rotatable bonds is 17. The molecule has 1 spiro atoms. The molecule has 4 rings (SSSR count). The molecule has 9 heteroatoms. The van der Waals surface area contributed by atoms with Crippen LogP contribution in [0.1, 0.15) is 65.7 Å². The summed E-state index contributed by atoms with van der Waals surface area (Å²) in [5.74, 6) is -1.83. The van der Waals surface area contributed by atoms with E-state index in [4.69, 9.17) is 4.74 Å². The van der Waals surface area contributed by atoms with Crippen LogP contribution in [-0.2, 0) is 19.1 Å². The molecule has 1 aromatic carbocycles. The van der Waals surface area contributed by atoms with Gasteiger partial charge in [0.25, 0.3) is 5.91 Å². The molecular weight excluding hydrogens is 562 g/mol. The van der Waals surface area contributed by atoms with Gasteiger partial charge >= 0.3 is 5.97 Å². The molecule has 2 amide bonds. The topological polar surface area (TPSA) is 90.4 Å². The molecular formula is C34H49N3O5S. The smallest absolute Gasteiger partial charge is 0.311 e. The molecule has 5 atom stereocenters. The number of hydrogen-bond acceptors (Lipinski definition) is 7. The van der Waals surface area contributed by atoms with Crippen LogP contribution in [0.3, 0.4) is 0 Å². The Labute approximate surface area is 261 Å². The Morgan fingerprint density at radius 3 is 2.40 bits per heavy atom. The lowest BCUT2D eigenvalue weighted by molar-refractivity contribution is -0.155. The average Bonchev–Trinajstić information content (AvgIpc) is 3.57. The molecule has 3 aliphatic rings. The number of esters is 1. The van der Waals surface area contributed by atoms with Crippen molar-refractivity contribution in [2.45, 2.75) is 81.3 Å². The summed E-state index contributed by atoms with van der Waals surface area (Å²) >= 11 is 1.66. The molecule has 0 aromatic heterocycles. The van der Waals surface area contributed by atoms with Crippen molar-refractivity contribution in [3.8, 4) is 0 Å². The molecule has 1 aromatic rings. The number of aliphatic hydroxyl groups is 1. The molecule has 0 saturated carbocycles. The number of unbranched alkanes of at least 4 members (excludes halogenated alkanes) is 3. The van der Waals surface area contributed by atoms with Crippen molar-refractivity contribution in [2.75, 3.05) is 49.2 Å². The molecule has 43 heavy (non-hydrogen) atoms. The Kier molecular flexibility index (Phi) is 11.0. The normalized spacial score (nSPS) is 27.2. The van der Waals surface area contributed by atoms with E-state index in [2.05, 4.69) is 38.8 Å². The van der Waals surface area contributed by atoms with Gasteiger partial charge in [-0.05, 0) is 90.0 Å². The molecule has 3 fully saturated rings. The Bertz CT molecular complexity index is 1170. The maximum atomic E-state index is 14.7. The van der Waals surface area contributed by atoms with Gasteiger partial charge in [-0.15, -0.1) is 24.9 Å². The minimum atomic E-state index is -0.719. The SMILES string of the molecule is C=CCCCCOC(=O)[C@@H]1[C@H]2C(=O)N(CCCCO)C(C(=O)N(CC=C)c3ccc(N(CC)CC)cc3)C23CC[C@@]1(C)S3. The molecule has 236 valence electrons. The number of amides is 2. The number of thioether (sulfide) groups is 1. The minimum absolute atomic E-state index is 0.0182. The Morgan fingerprint density at radius 2 is 1.77 bits per heavy atom. The zero-order chi connectivity index (χ0) is 31.2. The van der Waals surface area contributed by atoms with Crippen LogP contribution in [0.4, 0.5) is 11.4 Å². The van der Waals surface area contributed by atoms with Crippen LogP contribution in [0.25, 0.3) is 0 Å². The van der Waals surface area contributed by atoms with Gasteiger partial charge in [-0.25, -0.2) is 0 Å². The van der Waals surface area contributed by atoms with Crippen LogP contribution in [0.2, 0.25) is 0 Å². The highest BCUT2D eigenvalue weighted by Gasteiger charge is 2.77. The summed E-state index contributed by atoms with van der Waals surface area (Å²) in [5, 5.41) is 9.47. The van der Waals surface area contributed by atoms with E-state index < -0.39 is 27.4 Å². The van der Waals surface area contributed by atoms with Gasteiger partial charge in [0, 0.05) is 48.9 Å². The number of nitrogens with zero attached hydrogens (tertiary/aromatic N) is 3. The van der Waals surface area contributed by atoms with Gasteiger partial charge in [-0.3, -0.25) is 14.4 Å². The van der Waals surface area contributed by atoms with E-state index in [1.807, 2.05) is 30.3 Å². The second-order valence-corrected chi connectivity index (χ2v) is 14.0. The summed E-state index contributed by atoms with van der Waals surface area (Å²) in [6.45, 7) is 16.7. The van der Waals surface area contributed by atoms with Crippen molar-refractivity contribution < 1.29 is 24.2 Å². The van der Waals surface area contributed by atoms with Crippen molar-refractivity contribution >= 4 is 40.9 Å². The quantitative estimate of drug-likeness (QED) is 0.147. The lowest BCUT2D eigenvalue weighted by Crippen LogP contribution is -2.55. The molecule has 3 saturated heterocycles. The van der Waals surface area contributed by atoms with Gasteiger partial charge in [-0.1, -0.05) is 12.2 Å². The average molecular weight is 612 g/mol. The standard InChI is InChI=1S/C34H49N3O5S/c1-6-10-11-14-24-42-32(41)28-27-30(39)37(22-12-13-23-38)29(34(27)20-19-33(28,5)43-34)31(40)36(21-7-2)26-17-15-25(16-18-26)35(8-3)9-4/h6-7,15-18,27-29,38H,1-2,8-14,19-24H2,3-5H3/t27-,28-,29?,33+,34?/m0/s1. The fourth-order valence-corrected chi connectivity index (χ4v) is 9.72. The number of carbonyl (C=O) groups excluding carboxylic acids is 3. The number of aliphatic hydroxyl groups excluding tert-OH is 1. The van der Waals surface area contributed by atoms with E-state index >= 15 is 0 Å². The molecule has 3 heterocycles. The number of allylic oxidation sites excluding steroid dienone is 1. The third-order valence-corrected chi connectivity index (χ3v) is 11.5. The zero-order valence-electron chi connectivity index (χ0n) is 26.1. The Morgan fingerprint density at radius 1 is 1.07 bits per heavy atom. The third-order valence-electron chi connectivity index (χ3n) is 9.49. The summed E-state index contributed by atoms with van der Waals surface area (Å²) in [7, 11) is 0. The lowest BCUT2D eigenvalue weighted by Gasteiger charge is -2.37. The molecule has 2 bridgehead atoms. The predicted octanol–water partition coefficient (Wildman–Crippen LogP) is 5.21. The summed E-state index contributed by atoms with van der Waals surface area (Å²) < 4.78 is 4.59. The largest absolute Gasteiger partial charge is 0.465 e. The number of fused-ring (bicyclic) bond motifs is 1. The second-order valence-electron chi connectivity index (χ2n) is 12.1. The Balaban J connectivity index is 1.67. The van der Waals surface area contributed by atoms with E-state index in [9.17, 15) is 19.5 Å². The fraction of sp³-hybridized carbons (Fsp3) is 0.618. The summed E-state index contributed by atoms with van der Waals surface area (Å²) in [5.41, 5.74) is 1.84. The summed E-state index contributed by atoms with van der Waals surface area (Å²) in [4.78, 5) is 48.3. The second kappa shape index (κ2) is 14.3. The number of likely N-dealkylation sites (tertiary alicyclic amines) is 1. The van der Waals surface area contributed by atoms with Gasteiger partial charge in [0.2, 0.25) is 5.91 Å². The fourth-order valence-electron chi connectivity index (χ4n) is 7.38. The van der Waals surface area contributed by atoms with E-state index in [0.717, 1.165) is 50.1 Å². The van der Waals surface area contributed by atoms with Crippen molar-refractivity contribution in [1.29, 1.82) is 0 Å². The van der Waals surface area contributed by atoms with E-state index in [1.165, 1.54) is 0 Å². The van der Waals surface area contributed by atoms with Crippen LogP contribution in [0.15, 0.2) is 49.6 Å². The van der Waals surface area contributed by atoms with Gasteiger partial charge in [0.1, 0.15) is 6.04 Å². The number of anilines is 2. The maximum Gasteiger partial charge on any atom is 0.311 e. The van der Waals surface area contributed by atoms with Crippen molar-refractivity contribution in [1.82, 2.24) is 4.90 Å². The first-order valence-corrected chi connectivity index (χ1v) is 16.7. The summed E-state index contributed by atoms with van der Waals surface area (Å²) in [6.07, 6.45) is 8.61. The van der Waals surface area contributed by atoms with Crippen LogP contribution >= 0.6 is 11.8 Å². The molecule has 3 aliphatic heterocycles. The highest BCUT2D eigenvalue weighted by molar-refractivity contribution is 8.02. The van der Waals surface area contributed by atoms with Gasteiger partial charge < -0.3 is 24.5 Å². The first kappa shape index (κ1) is 33.1. The van der Waals surface area contributed by atoms with Gasteiger partial charge in [0.15, 0.2) is 0 Å². The molecule has 8 nitrogen and oxygen atoms in total. The van der Waals surface area contributed by atoms with Gasteiger partial charge in [-0.2, -0.15) is 0 Å². The van der Waals surface area contributed by atoms with E-state index in [0.29, 0.717) is 39.0 Å². The molecule has 0 radical (unpaired) electrons. The van der Waals surface area contributed by atoms with Crippen LogP contribution in [-0.4, -0.2) is 82.7 Å². The van der Waals surface area contributed by atoms with Crippen molar-refractivity contribution in [3.63, 3.8) is 0 Å². The first-order valence-electron chi connectivity index (χ1n) is 15.9. The van der Waals surface area contributed by atoms with E-state index in [1.54, 1.807) is 27.6 Å². The van der Waals surface area contributed by atoms with Crippen molar-refractivity contribution in [2.24, 2.45) is 11.8 Å². The summed E-state index contributed by atoms with van der Waals surface area (Å²) in [6, 6.07) is 7.27. The monoisotopic (exact) mass is 611 g/mol.